The quantitative estimate of drug-likeness (QED) is 0.815. The van der Waals surface area contributed by atoms with Gasteiger partial charge in [0.25, 0.3) is 0 Å². The van der Waals surface area contributed by atoms with Crippen molar-refractivity contribution in [1.82, 2.24) is 4.98 Å². The summed E-state index contributed by atoms with van der Waals surface area (Å²) in [5, 5.41) is 4.03. The lowest BCUT2D eigenvalue weighted by Gasteiger charge is -2.17. The number of pyridine rings is 1. The topological polar surface area (TPSA) is 29.5 Å². The number of fused-ring (bicyclic) bond motifs is 1. The zero-order valence-electron chi connectivity index (χ0n) is 10.5. The number of nitrogens with two attached hydrogens (primary N) is 1. The minimum atomic E-state index is 0.203. The van der Waals surface area contributed by atoms with Gasteiger partial charge in [0.15, 0.2) is 0 Å². The van der Waals surface area contributed by atoms with Crippen LogP contribution in [0.4, 0.5) is 0 Å². The summed E-state index contributed by atoms with van der Waals surface area (Å²) >= 11 is 6.20. The molecule has 0 fully saturated rings. The van der Waals surface area contributed by atoms with Gasteiger partial charge in [-0.25, -0.2) is 4.98 Å². The van der Waals surface area contributed by atoms with Crippen molar-refractivity contribution >= 4 is 22.5 Å². The van der Waals surface area contributed by atoms with Crippen LogP contribution in [0.5, 0.6) is 0 Å². The lowest BCUT2D eigenvalue weighted by Crippen LogP contribution is -2.92. The summed E-state index contributed by atoms with van der Waals surface area (Å²) in [6.45, 7) is 7.43. The number of halogens is 1. The maximum Gasteiger partial charge on any atom is 0.138 e. The van der Waals surface area contributed by atoms with Gasteiger partial charge in [0.1, 0.15) is 11.7 Å². The van der Waals surface area contributed by atoms with Crippen molar-refractivity contribution in [2.24, 2.45) is 0 Å². The predicted molar refractivity (Wildman–Crippen MR) is 72.1 cm³/mol. The van der Waals surface area contributed by atoms with Crippen LogP contribution in [0.2, 0.25) is 5.15 Å². The molecule has 1 heterocycles. The molecule has 0 amide bonds. The highest BCUT2D eigenvalue weighted by atomic mass is 35.5. The second kappa shape index (κ2) is 4.63. The van der Waals surface area contributed by atoms with Gasteiger partial charge in [0, 0.05) is 10.9 Å². The van der Waals surface area contributed by atoms with Crippen molar-refractivity contribution in [3.63, 3.8) is 0 Å². The fourth-order valence-corrected chi connectivity index (χ4v) is 1.92. The lowest BCUT2D eigenvalue weighted by atomic mass is 10.1. The first-order valence-corrected chi connectivity index (χ1v) is 6.22. The second-order valence-corrected chi connectivity index (χ2v) is 5.76. The molecule has 2 rings (SSSR count). The van der Waals surface area contributed by atoms with Gasteiger partial charge in [0.2, 0.25) is 0 Å². The normalized spacial score (nSPS) is 12.0. The molecule has 0 aliphatic carbocycles. The Labute approximate surface area is 107 Å². The molecular formula is C14H18ClN2+. The Bertz CT molecular complexity index is 529. The zero-order valence-corrected chi connectivity index (χ0v) is 11.3. The molecule has 0 aliphatic rings. The van der Waals surface area contributed by atoms with Crippen LogP contribution in [0.3, 0.4) is 0 Å². The molecule has 17 heavy (non-hydrogen) atoms. The van der Waals surface area contributed by atoms with E-state index in [1.165, 1.54) is 0 Å². The maximum absolute atomic E-state index is 6.20. The van der Waals surface area contributed by atoms with E-state index in [-0.39, 0.29) is 5.54 Å². The maximum atomic E-state index is 6.20. The van der Waals surface area contributed by atoms with Crippen LogP contribution in [0.25, 0.3) is 10.9 Å². The molecule has 1 aromatic heterocycles. The van der Waals surface area contributed by atoms with Crippen molar-refractivity contribution in [1.29, 1.82) is 0 Å². The zero-order chi connectivity index (χ0) is 12.5. The number of quaternary nitrogens is 1. The summed E-state index contributed by atoms with van der Waals surface area (Å²) in [7, 11) is 0. The Hall–Kier alpha value is -1.12. The fourth-order valence-electron chi connectivity index (χ4n) is 1.70. The first-order chi connectivity index (χ1) is 7.96. The van der Waals surface area contributed by atoms with E-state index in [1.54, 1.807) is 0 Å². The van der Waals surface area contributed by atoms with Crippen LogP contribution in [0.1, 0.15) is 26.3 Å². The summed E-state index contributed by atoms with van der Waals surface area (Å²) in [5.74, 6) is 0. The van der Waals surface area contributed by atoms with Crippen molar-refractivity contribution in [3.05, 3.63) is 41.0 Å². The number of hydrogen-bond acceptors (Lipinski definition) is 1. The summed E-state index contributed by atoms with van der Waals surface area (Å²) in [4.78, 5) is 4.42. The molecule has 2 nitrogen and oxygen atoms in total. The van der Waals surface area contributed by atoms with Crippen molar-refractivity contribution < 1.29 is 5.32 Å². The monoisotopic (exact) mass is 249 g/mol. The molecule has 3 heteroatoms. The van der Waals surface area contributed by atoms with Crippen molar-refractivity contribution in [3.8, 4) is 0 Å². The second-order valence-electron chi connectivity index (χ2n) is 5.41. The third-order valence-corrected chi connectivity index (χ3v) is 3.01. The predicted octanol–water partition coefficient (Wildman–Crippen LogP) is 2.75. The van der Waals surface area contributed by atoms with E-state index in [1.807, 2.05) is 18.2 Å². The average Bonchev–Trinajstić information content (AvgIpc) is 2.25. The highest BCUT2D eigenvalue weighted by Crippen LogP contribution is 2.19. The Morgan fingerprint density at radius 2 is 1.94 bits per heavy atom. The van der Waals surface area contributed by atoms with Crippen LogP contribution >= 0.6 is 11.6 Å². The third kappa shape index (κ3) is 3.18. The number of rotatable bonds is 2. The standard InChI is InChI=1S/C14H17ClN2/c1-14(2,3)16-9-11-8-10-6-4-5-7-12(10)17-13(11)15/h4-8,16H,9H2,1-3H3/p+1. The number of aromatic nitrogens is 1. The number of hydrogen-bond donors (Lipinski definition) is 1. The van der Waals surface area contributed by atoms with E-state index in [4.69, 9.17) is 11.6 Å². The third-order valence-electron chi connectivity index (χ3n) is 2.68. The highest BCUT2D eigenvalue weighted by molar-refractivity contribution is 6.30. The number of benzene rings is 1. The molecule has 0 saturated carbocycles. The van der Waals surface area contributed by atoms with E-state index in [0.717, 1.165) is 23.0 Å². The number of nitrogens with zero attached hydrogens (tertiary/aromatic N) is 1. The van der Waals surface area contributed by atoms with E-state index in [0.29, 0.717) is 5.15 Å². The summed E-state index contributed by atoms with van der Waals surface area (Å²) in [5.41, 5.74) is 2.26. The minimum absolute atomic E-state index is 0.203. The van der Waals surface area contributed by atoms with Crippen LogP contribution in [0.15, 0.2) is 30.3 Å². The Morgan fingerprint density at radius 3 is 2.65 bits per heavy atom. The fraction of sp³-hybridized carbons (Fsp3) is 0.357. The molecule has 0 spiro atoms. The van der Waals surface area contributed by atoms with Gasteiger partial charge in [0.05, 0.1) is 11.1 Å². The van der Waals surface area contributed by atoms with Gasteiger partial charge in [-0.15, -0.1) is 0 Å². The van der Waals surface area contributed by atoms with E-state index >= 15 is 0 Å². The molecule has 0 unspecified atom stereocenters. The molecular weight excluding hydrogens is 232 g/mol. The van der Waals surface area contributed by atoms with Gasteiger partial charge in [-0.3, -0.25) is 0 Å². The van der Waals surface area contributed by atoms with Crippen LogP contribution in [-0.2, 0) is 6.54 Å². The Balaban J connectivity index is 2.31. The van der Waals surface area contributed by atoms with Crippen molar-refractivity contribution in [2.75, 3.05) is 0 Å². The molecule has 2 N–H and O–H groups in total. The van der Waals surface area contributed by atoms with Gasteiger partial charge in [-0.2, -0.15) is 0 Å². The van der Waals surface area contributed by atoms with Crippen LogP contribution in [-0.4, -0.2) is 10.5 Å². The van der Waals surface area contributed by atoms with Crippen LogP contribution < -0.4 is 5.32 Å². The summed E-state index contributed by atoms with van der Waals surface area (Å²) < 4.78 is 0. The van der Waals surface area contributed by atoms with E-state index in [2.05, 4.69) is 43.2 Å². The average molecular weight is 250 g/mol. The van der Waals surface area contributed by atoms with E-state index in [9.17, 15) is 0 Å². The smallest absolute Gasteiger partial charge is 0.138 e. The van der Waals surface area contributed by atoms with Crippen molar-refractivity contribution in [2.45, 2.75) is 32.9 Å². The first kappa shape index (κ1) is 12.3. The Morgan fingerprint density at radius 1 is 1.24 bits per heavy atom. The molecule has 0 bridgehead atoms. The molecule has 1 aromatic carbocycles. The largest absolute Gasteiger partial charge is 0.338 e. The molecule has 0 radical (unpaired) electrons. The summed E-state index contributed by atoms with van der Waals surface area (Å²) in [6, 6.07) is 10.2. The van der Waals surface area contributed by atoms with Crippen LogP contribution in [0, 0.1) is 0 Å². The van der Waals surface area contributed by atoms with Gasteiger partial charge in [-0.1, -0.05) is 29.8 Å². The molecule has 0 atom stereocenters. The molecule has 2 aromatic rings. The minimum Gasteiger partial charge on any atom is -0.338 e. The van der Waals surface area contributed by atoms with E-state index < -0.39 is 0 Å². The first-order valence-electron chi connectivity index (χ1n) is 5.84. The van der Waals surface area contributed by atoms with Gasteiger partial charge in [-0.05, 0) is 32.9 Å². The highest BCUT2D eigenvalue weighted by Gasteiger charge is 2.14. The lowest BCUT2D eigenvalue weighted by molar-refractivity contribution is -0.731. The van der Waals surface area contributed by atoms with Gasteiger partial charge >= 0.3 is 0 Å². The molecule has 90 valence electrons. The SMILES string of the molecule is CC(C)(C)[NH2+]Cc1cc2ccccc2nc1Cl. The Kier molecular flexibility index (Phi) is 3.36. The molecule has 0 aliphatic heterocycles. The number of para-hydroxylation sites is 1. The molecule has 0 saturated heterocycles. The van der Waals surface area contributed by atoms with Gasteiger partial charge < -0.3 is 5.32 Å². The summed E-state index contributed by atoms with van der Waals surface area (Å²) in [6.07, 6.45) is 0.